The second-order valence-corrected chi connectivity index (χ2v) is 5.88. The van der Waals surface area contributed by atoms with Crippen molar-refractivity contribution in [2.24, 2.45) is 0 Å². The summed E-state index contributed by atoms with van der Waals surface area (Å²) in [4.78, 5) is 16.2. The smallest absolute Gasteiger partial charge is 0.269 e. The van der Waals surface area contributed by atoms with Gasteiger partial charge in [0.2, 0.25) is 0 Å². The predicted octanol–water partition coefficient (Wildman–Crippen LogP) is 4.06. The largest absolute Gasteiger partial charge is 0.305 e. The highest BCUT2D eigenvalue weighted by Crippen LogP contribution is 2.11. The molecule has 0 aliphatic rings. The van der Waals surface area contributed by atoms with Crippen molar-refractivity contribution >= 4 is 23.7 Å². The van der Waals surface area contributed by atoms with Gasteiger partial charge in [0.15, 0.2) is 0 Å². The first-order valence-electron chi connectivity index (χ1n) is 7.88. The van der Waals surface area contributed by atoms with Gasteiger partial charge in [0.25, 0.3) is 5.56 Å². The van der Waals surface area contributed by atoms with E-state index in [-0.39, 0.29) is 5.56 Å². The molecule has 0 aliphatic carbocycles. The van der Waals surface area contributed by atoms with Crippen LogP contribution in [0.1, 0.15) is 44.9 Å². The minimum atomic E-state index is 0.00230. The highest BCUT2D eigenvalue weighted by atomic mass is 32.1. The minimum absolute atomic E-state index is 0.00230. The maximum atomic E-state index is 12.0. The van der Waals surface area contributed by atoms with Crippen LogP contribution in [0.4, 0.5) is 0 Å². The zero-order chi connectivity index (χ0) is 14.9. The summed E-state index contributed by atoms with van der Waals surface area (Å²) in [5.41, 5.74) is 1.84. The lowest BCUT2D eigenvalue weighted by Crippen LogP contribution is -2.20. The molecular weight excluding hydrogens is 280 g/mol. The van der Waals surface area contributed by atoms with E-state index in [0.29, 0.717) is 0 Å². The third kappa shape index (κ3) is 4.88. The van der Waals surface area contributed by atoms with Gasteiger partial charge in [-0.15, -0.1) is 0 Å². The van der Waals surface area contributed by atoms with Crippen LogP contribution in [0.25, 0.3) is 11.0 Å². The Morgan fingerprint density at radius 1 is 0.952 bits per heavy atom. The van der Waals surface area contributed by atoms with Crippen LogP contribution in [0.15, 0.2) is 35.3 Å². The van der Waals surface area contributed by atoms with Gasteiger partial charge in [-0.3, -0.25) is 4.79 Å². The molecule has 0 aliphatic heterocycles. The standard InChI is InChI=1S/C17H24N2OS/c20-17-14-18-15-10-6-7-11-16(15)19(17)12-8-4-2-1-3-5-9-13-21/h6-7,10-11,14,21H,1-5,8-9,12-13H2. The summed E-state index contributed by atoms with van der Waals surface area (Å²) >= 11 is 4.22. The number of hydrogen-bond acceptors (Lipinski definition) is 3. The summed E-state index contributed by atoms with van der Waals surface area (Å²) in [7, 11) is 0. The Hall–Kier alpha value is -1.29. The van der Waals surface area contributed by atoms with Crippen LogP contribution in [-0.4, -0.2) is 15.3 Å². The Labute approximate surface area is 131 Å². The van der Waals surface area contributed by atoms with E-state index in [9.17, 15) is 4.79 Å². The molecule has 0 bridgehead atoms. The first kappa shape index (κ1) is 16.1. The molecule has 0 spiro atoms. The quantitative estimate of drug-likeness (QED) is 0.560. The number of benzene rings is 1. The van der Waals surface area contributed by atoms with E-state index in [1.807, 2.05) is 28.8 Å². The average Bonchev–Trinajstić information content (AvgIpc) is 2.51. The van der Waals surface area contributed by atoms with Crippen molar-refractivity contribution in [3.8, 4) is 0 Å². The lowest BCUT2D eigenvalue weighted by molar-refractivity contribution is 0.550. The van der Waals surface area contributed by atoms with E-state index in [4.69, 9.17) is 0 Å². The van der Waals surface area contributed by atoms with E-state index in [1.54, 1.807) is 0 Å². The van der Waals surface area contributed by atoms with Crippen molar-refractivity contribution in [3.05, 3.63) is 40.8 Å². The van der Waals surface area contributed by atoms with E-state index in [2.05, 4.69) is 17.6 Å². The average molecular weight is 304 g/mol. The van der Waals surface area contributed by atoms with E-state index < -0.39 is 0 Å². The monoisotopic (exact) mass is 304 g/mol. The Balaban J connectivity index is 1.81. The molecule has 3 nitrogen and oxygen atoms in total. The molecule has 21 heavy (non-hydrogen) atoms. The molecule has 0 saturated carbocycles. The second kappa shape index (κ2) is 8.88. The molecule has 4 heteroatoms. The third-order valence-electron chi connectivity index (χ3n) is 3.79. The molecule has 0 unspecified atom stereocenters. The van der Waals surface area contributed by atoms with E-state index in [1.165, 1.54) is 44.7 Å². The predicted molar refractivity (Wildman–Crippen MR) is 92.2 cm³/mol. The van der Waals surface area contributed by atoms with Crippen molar-refractivity contribution < 1.29 is 0 Å². The number of para-hydroxylation sites is 2. The maximum Gasteiger partial charge on any atom is 0.269 e. The van der Waals surface area contributed by atoms with Crippen LogP contribution < -0.4 is 5.56 Å². The fourth-order valence-electron chi connectivity index (χ4n) is 2.61. The van der Waals surface area contributed by atoms with Crippen LogP contribution in [0.2, 0.25) is 0 Å². The van der Waals surface area contributed by atoms with Crippen LogP contribution in [0.5, 0.6) is 0 Å². The van der Waals surface area contributed by atoms with Crippen molar-refractivity contribution in [2.75, 3.05) is 5.75 Å². The minimum Gasteiger partial charge on any atom is -0.305 e. The van der Waals surface area contributed by atoms with Gasteiger partial charge < -0.3 is 4.57 Å². The van der Waals surface area contributed by atoms with Gasteiger partial charge in [-0.2, -0.15) is 12.6 Å². The molecule has 1 aromatic carbocycles. The molecule has 1 aromatic heterocycles. The maximum absolute atomic E-state index is 12.0. The number of hydrogen-bond donors (Lipinski definition) is 1. The number of aryl methyl sites for hydroxylation is 1. The molecule has 114 valence electrons. The number of rotatable bonds is 9. The highest BCUT2D eigenvalue weighted by Gasteiger charge is 2.03. The van der Waals surface area contributed by atoms with Crippen molar-refractivity contribution in [3.63, 3.8) is 0 Å². The molecule has 0 radical (unpaired) electrons. The number of fused-ring (bicyclic) bond motifs is 1. The Bertz CT molecular complexity index is 609. The lowest BCUT2D eigenvalue weighted by atomic mass is 10.1. The lowest BCUT2D eigenvalue weighted by Gasteiger charge is -2.09. The Morgan fingerprint density at radius 3 is 2.38 bits per heavy atom. The van der Waals surface area contributed by atoms with Crippen molar-refractivity contribution in [1.29, 1.82) is 0 Å². The number of thiol groups is 1. The number of unbranched alkanes of at least 4 members (excludes halogenated alkanes) is 6. The van der Waals surface area contributed by atoms with Crippen LogP contribution in [-0.2, 0) is 6.54 Å². The van der Waals surface area contributed by atoms with Gasteiger partial charge in [0.05, 0.1) is 17.2 Å². The van der Waals surface area contributed by atoms with E-state index >= 15 is 0 Å². The van der Waals surface area contributed by atoms with Crippen molar-refractivity contribution in [1.82, 2.24) is 9.55 Å². The fraction of sp³-hybridized carbons (Fsp3) is 0.529. The SMILES string of the molecule is O=c1cnc2ccccc2n1CCCCCCCCCS. The summed E-state index contributed by atoms with van der Waals surface area (Å²) in [6.07, 6.45) is 10.0. The molecule has 2 rings (SSSR count). The van der Waals surface area contributed by atoms with Crippen molar-refractivity contribution in [2.45, 2.75) is 51.5 Å². The summed E-state index contributed by atoms with van der Waals surface area (Å²) < 4.78 is 1.85. The zero-order valence-corrected chi connectivity index (χ0v) is 13.4. The van der Waals surface area contributed by atoms with Crippen LogP contribution in [0.3, 0.4) is 0 Å². The molecule has 1 heterocycles. The first-order chi connectivity index (χ1) is 10.3. The van der Waals surface area contributed by atoms with Crippen LogP contribution in [0, 0.1) is 0 Å². The fourth-order valence-corrected chi connectivity index (χ4v) is 2.83. The third-order valence-corrected chi connectivity index (χ3v) is 4.11. The molecule has 0 atom stereocenters. The van der Waals surface area contributed by atoms with Gasteiger partial charge in [0.1, 0.15) is 0 Å². The summed E-state index contributed by atoms with van der Waals surface area (Å²) in [6.45, 7) is 0.790. The molecule has 0 amide bonds. The van der Waals surface area contributed by atoms with Gasteiger partial charge in [-0.05, 0) is 30.7 Å². The summed E-state index contributed by atoms with van der Waals surface area (Å²) in [5.74, 6) is 0.998. The summed E-state index contributed by atoms with van der Waals surface area (Å²) in [5, 5.41) is 0. The normalized spacial score (nSPS) is 11.1. The van der Waals surface area contributed by atoms with Gasteiger partial charge in [0, 0.05) is 6.54 Å². The zero-order valence-electron chi connectivity index (χ0n) is 12.5. The molecule has 0 N–H and O–H groups in total. The Kier molecular flexibility index (Phi) is 6.80. The number of nitrogens with zero attached hydrogens (tertiary/aromatic N) is 2. The first-order valence-corrected chi connectivity index (χ1v) is 8.51. The van der Waals surface area contributed by atoms with Gasteiger partial charge in [-0.25, -0.2) is 4.98 Å². The van der Waals surface area contributed by atoms with Crippen LogP contribution >= 0.6 is 12.6 Å². The Morgan fingerprint density at radius 2 is 1.62 bits per heavy atom. The second-order valence-electron chi connectivity index (χ2n) is 5.44. The number of aromatic nitrogens is 2. The highest BCUT2D eigenvalue weighted by molar-refractivity contribution is 7.80. The molecular formula is C17H24N2OS. The molecule has 0 fully saturated rings. The topological polar surface area (TPSA) is 34.9 Å². The van der Waals surface area contributed by atoms with Gasteiger partial charge in [-0.1, -0.05) is 44.2 Å². The van der Waals surface area contributed by atoms with Gasteiger partial charge >= 0.3 is 0 Å². The molecule has 2 aromatic rings. The molecule has 0 saturated heterocycles. The summed E-state index contributed by atoms with van der Waals surface area (Å²) in [6, 6.07) is 7.84. The van der Waals surface area contributed by atoms with E-state index in [0.717, 1.165) is 29.8 Å².